The Morgan fingerprint density at radius 3 is 2.62 bits per heavy atom. The smallest absolute Gasteiger partial charge is 0.221 e. The topological polar surface area (TPSA) is 87.0 Å². The molecule has 130 valence electrons. The van der Waals surface area contributed by atoms with E-state index in [1.165, 1.54) is 0 Å². The zero-order valence-corrected chi connectivity index (χ0v) is 14.6. The van der Waals surface area contributed by atoms with Gasteiger partial charge in [-0.25, -0.2) is 4.98 Å². The lowest BCUT2D eigenvalue weighted by Crippen LogP contribution is -2.04. The highest BCUT2D eigenvalue weighted by molar-refractivity contribution is 5.47. The van der Waals surface area contributed by atoms with Gasteiger partial charge >= 0.3 is 0 Å². The van der Waals surface area contributed by atoms with Gasteiger partial charge < -0.3 is 16.2 Å². The fourth-order valence-electron chi connectivity index (χ4n) is 2.49. The van der Waals surface area contributed by atoms with Crippen molar-refractivity contribution in [1.82, 2.24) is 9.97 Å². The van der Waals surface area contributed by atoms with Crippen LogP contribution in [0.2, 0.25) is 0 Å². The molecular weight excluding hydrogens is 324 g/mol. The van der Waals surface area contributed by atoms with Crippen molar-refractivity contribution in [3.63, 3.8) is 0 Å². The maximum absolute atomic E-state index is 5.94. The van der Waals surface area contributed by atoms with Crippen LogP contribution in [0.5, 0.6) is 5.75 Å². The molecule has 0 bridgehead atoms. The second kappa shape index (κ2) is 8.04. The summed E-state index contributed by atoms with van der Waals surface area (Å²) in [6.45, 7) is 2.39. The van der Waals surface area contributed by atoms with E-state index in [4.69, 9.17) is 16.2 Å². The van der Waals surface area contributed by atoms with Crippen LogP contribution < -0.4 is 16.2 Å². The minimum Gasteiger partial charge on any atom is -0.481 e. The van der Waals surface area contributed by atoms with Crippen molar-refractivity contribution in [2.24, 2.45) is 0 Å². The Morgan fingerprint density at radius 1 is 1.04 bits per heavy atom. The van der Waals surface area contributed by atoms with Crippen LogP contribution in [-0.4, -0.2) is 16.6 Å². The van der Waals surface area contributed by atoms with E-state index in [1.807, 2.05) is 42.5 Å². The van der Waals surface area contributed by atoms with Gasteiger partial charge in [-0.3, -0.25) is 0 Å². The molecule has 5 nitrogen and oxygen atoms in total. The number of hydrogen-bond donors (Lipinski definition) is 2. The summed E-state index contributed by atoms with van der Waals surface area (Å²) in [7, 11) is 0. The summed E-state index contributed by atoms with van der Waals surface area (Å²) >= 11 is 0. The molecule has 0 saturated heterocycles. The summed E-state index contributed by atoms with van der Waals surface area (Å²) in [5.41, 5.74) is 15.5. The van der Waals surface area contributed by atoms with Crippen molar-refractivity contribution < 1.29 is 4.74 Å². The predicted octanol–water partition coefficient (Wildman–Crippen LogP) is 2.97. The number of aryl methyl sites for hydroxylation is 1. The predicted molar refractivity (Wildman–Crippen MR) is 104 cm³/mol. The molecule has 3 rings (SSSR count). The van der Waals surface area contributed by atoms with Crippen LogP contribution in [0, 0.1) is 18.8 Å². The minimum absolute atomic E-state index is 0.181. The Balaban J connectivity index is 1.70. The second-order valence-corrected chi connectivity index (χ2v) is 5.86. The van der Waals surface area contributed by atoms with Crippen molar-refractivity contribution in [2.45, 2.75) is 13.3 Å². The molecule has 1 aromatic heterocycles. The first kappa shape index (κ1) is 17.3. The molecule has 0 spiro atoms. The number of aromatic nitrogens is 2. The van der Waals surface area contributed by atoms with Crippen LogP contribution in [0.25, 0.3) is 0 Å². The normalized spacial score (nSPS) is 10.0. The van der Waals surface area contributed by atoms with Crippen LogP contribution in [0.1, 0.15) is 22.3 Å². The van der Waals surface area contributed by atoms with Crippen molar-refractivity contribution >= 4 is 11.8 Å². The number of para-hydroxylation sites is 1. The molecule has 3 aromatic rings. The van der Waals surface area contributed by atoms with Crippen LogP contribution >= 0.6 is 0 Å². The van der Waals surface area contributed by atoms with Gasteiger partial charge in [-0.05, 0) is 42.3 Å². The summed E-state index contributed by atoms with van der Waals surface area (Å²) < 4.78 is 5.59. The summed E-state index contributed by atoms with van der Waals surface area (Å²) in [6, 6.07) is 15.7. The average Bonchev–Trinajstić information content (AvgIpc) is 2.64. The van der Waals surface area contributed by atoms with E-state index in [2.05, 4.69) is 34.8 Å². The molecule has 5 heteroatoms. The highest BCUT2D eigenvalue weighted by Crippen LogP contribution is 2.18. The number of nitrogen functional groups attached to an aromatic ring is 2. The first-order valence-electron chi connectivity index (χ1n) is 8.25. The van der Waals surface area contributed by atoms with Gasteiger partial charge in [-0.2, -0.15) is 4.98 Å². The number of nitrogens with two attached hydrogens (primary N) is 2. The zero-order valence-electron chi connectivity index (χ0n) is 14.6. The number of benzene rings is 2. The molecule has 2 aromatic carbocycles. The highest BCUT2D eigenvalue weighted by atomic mass is 16.5. The number of ether oxygens (including phenoxy) is 1. The minimum atomic E-state index is 0.181. The maximum atomic E-state index is 5.94. The lowest BCUT2D eigenvalue weighted by Gasteiger charge is -2.08. The Morgan fingerprint density at radius 2 is 1.85 bits per heavy atom. The Labute approximate surface area is 153 Å². The van der Waals surface area contributed by atoms with Crippen molar-refractivity contribution in [3.05, 3.63) is 77.0 Å². The van der Waals surface area contributed by atoms with Crippen LogP contribution in [0.15, 0.2) is 54.7 Å². The first-order chi connectivity index (χ1) is 12.6. The third kappa shape index (κ3) is 4.52. The standard InChI is InChI=1S/C21H20N4O/c1-15-9-10-16(6-5-11-26-19-7-3-2-4-8-19)12-17(15)13-18-14-24-21(23)25-20(18)22/h2-4,7-10,12,14H,11,13H2,1H3,(H4,22,23,24,25). The SMILES string of the molecule is Cc1ccc(C#CCOc2ccccc2)cc1Cc1cnc(N)nc1N. The molecular formula is C21H20N4O. The van der Waals surface area contributed by atoms with Crippen molar-refractivity contribution in [1.29, 1.82) is 0 Å². The third-order valence-corrected chi connectivity index (χ3v) is 3.93. The van der Waals surface area contributed by atoms with Gasteiger partial charge in [0.25, 0.3) is 0 Å². The van der Waals surface area contributed by atoms with Gasteiger partial charge in [-0.1, -0.05) is 36.1 Å². The van der Waals surface area contributed by atoms with Gasteiger partial charge in [0.1, 0.15) is 18.2 Å². The number of nitrogens with zero attached hydrogens (tertiary/aromatic N) is 2. The zero-order chi connectivity index (χ0) is 18.4. The largest absolute Gasteiger partial charge is 0.481 e. The number of hydrogen-bond acceptors (Lipinski definition) is 5. The highest BCUT2D eigenvalue weighted by Gasteiger charge is 2.06. The molecule has 0 saturated carbocycles. The fourth-order valence-corrected chi connectivity index (χ4v) is 2.49. The summed E-state index contributed by atoms with van der Waals surface area (Å²) in [6.07, 6.45) is 2.30. The van der Waals surface area contributed by atoms with Crippen molar-refractivity contribution in [2.75, 3.05) is 18.1 Å². The third-order valence-electron chi connectivity index (χ3n) is 3.93. The van der Waals surface area contributed by atoms with E-state index in [0.717, 1.165) is 28.0 Å². The van der Waals surface area contributed by atoms with Gasteiger partial charge in [0.15, 0.2) is 0 Å². The molecule has 0 unspecified atom stereocenters. The summed E-state index contributed by atoms with van der Waals surface area (Å²) in [5, 5.41) is 0. The molecule has 1 heterocycles. The van der Waals surface area contributed by atoms with Gasteiger partial charge in [0.2, 0.25) is 5.95 Å². The van der Waals surface area contributed by atoms with Gasteiger partial charge in [0, 0.05) is 23.7 Å². The van der Waals surface area contributed by atoms with Gasteiger partial charge in [0.05, 0.1) is 0 Å². The molecule has 0 aliphatic heterocycles. The molecule has 0 atom stereocenters. The Hall–Kier alpha value is -3.52. The second-order valence-electron chi connectivity index (χ2n) is 5.86. The average molecular weight is 344 g/mol. The number of anilines is 2. The summed E-state index contributed by atoms with van der Waals surface area (Å²) in [5.74, 6) is 7.57. The molecule has 0 radical (unpaired) electrons. The molecule has 0 aliphatic rings. The summed E-state index contributed by atoms with van der Waals surface area (Å²) in [4.78, 5) is 8.03. The van der Waals surface area contributed by atoms with Crippen molar-refractivity contribution in [3.8, 4) is 17.6 Å². The molecule has 4 N–H and O–H groups in total. The van der Waals surface area contributed by atoms with E-state index >= 15 is 0 Å². The Kier molecular flexibility index (Phi) is 5.35. The molecule has 0 amide bonds. The molecule has 26 heavy (non-hydrogen) atoms. The van der Waals surface area contributed by atoms with Gasteiger partial charge in [-0.15, -0.1) is 0 Å². The van der Waals surface area contributed by atoms with E-state index < -0.39 is 0 Å². The van der Waals surface area contributed by atoms with Crippen LogP contribution in [-0.2, 0) is 6.42 Å². The lowest BCUT2D eigenvalue weighted by molar-refractivity contribution is 0.370. The fraction of sp³-hybridized carbons (Fsp3) is 0.143. The molecule has 0 aliphatic carbocycles. The lowest BCUT2D eigenvalue weighted by atomic mass is 9.99. The monoisotopic (exact) mass is 344 g/mol. The quantitative estimate of drug-likeness (QED) is 0.711. The number of rotatable bonds is 4. The first-order valence-corrected chi connectivity index (χ1v) is 8.25. The van der Waals surface area contributed by atoms with E-state index in [0.29, 0.717) is 18.8 Å². The van der Waals surface area contributed by atoms with E-state index in [-0.39, 0.29) is 5.95 Å². The maximum Gasteiger partial charge on any atom is 0.221 e. The molecule has 0 fully saturated rings. The van der Waals surface area contributed by atoms with Crippen LogP contribution in [0.3, 0.4) is 0 Å². The Bertz CT molecular complexity index is 959. The van der Waals surface area contributed by atoms with Crippen LogP contribution in [0.4, 0.5) is 11.8 Å². The van der Waals surface area contributed by atoms with E-state index in [1.54, 1.807) is 6.20 Å². The van der Waals surface area contributed by atoms with E-state index in [9.17, 15) is 0 Å².